The van der Waals surface area contributed by atoms with Crippen LogP contribution in [0, 0.1) is 0 Å². The molecule has 0 spiro atoms. The molecular formula is C22H27N5O3. The fourth-order valence-electron chi connectivity index (χ4n) is 3.27. The summed E-state index contributed by atoms with van der Waals surface area (Å²) in [4.78, 5) is 39.8. The van der Waals surface area contributed by atoms with Gasteiger partial charge in [-0.1, -0.05) is 44.2 Å². The van der Waals surface area contributed by atoms with Crippen molar-refractivity contribution < 1.29 is 14.3 Å². The van der Waals surface area contributed by atoms with E-state index in [4.69, 9.17) is 4.74 Å². The maximum Gasteiger partial charge on any atom is 0.303 e. The van der Waals surface area contributed by atoms with E-state index in [-0.39, 0.29) is 19.1 Å². The van der Waals surface area contributed by atoms with Crippen LogP contribution in [0.5, 0.6) is 0 Å². The predicted molar refractivity (Wildman–Crippen MR) is 113 cm³/mol. The highest BCUT2D eigenvalue weighted by Crippen LogP contribution is 2.20. The maximum absolute atomic E-state index is 13.0. The fraction of sp³-hybridized carbons (Fsp3) is 0.409. The van der Waals surface area contributed by atoms with Crippen LogP contribution in [0.1, 0.15) is 39.4 Å². The summed E-state index contributed by atoms with van der Waals surface area (Å²) in [6, 6.07) is 9.62. The first-order chi connectivity index (χ1) is 14.5. The maximum atomic E-state index is 13.0. The van der Waals surface area contributed by atoms with Crippen molar-refractivity contribution in [3.8, 4) is 11.4 Å². The van der Waals surface area contributed by atoms with E-state index >= 15 is 0 Å². The molecule has 0 unspecified atom stereocenters. The smallest absolute Gasteiger partial charge is 0.303 e. The van der Waals surface area contributed by atoms with E-state index in [1.165, 1.54) is 6.92 Å². The quantitative estimate of drug-likeness (QED) is 0.504. The molecule has 0 aliphatic carbocycles. The topological polar surface area (TPSA) is 90.2 Å². The highest BCUT2D eigenvalue weighted by Gasteiger charge is 2.20. The predicted octanol–water partition coefficient (Wildman–Crippen LogP) is 3.21. The molecule has 158 valence electrons. The molecule has 0 aliphatic heterocycles. The lowest BCUT2D eigenvalue weighted by Crippen LogP contribution is -2.35. The van der Waals surface area contributed by atoms with Crippen LogP contribution in [0.25, 0.3) is 22.6 Å². The number of carbonyl (C=O) groups excluding carboxylic acids is 2. The van der Waals surface area contributed by atoms with Gasteiger partial charge in [-0.25, -0.2) is 15.0 Å². The number of fused-ring (bicyclic) bond motifs is 1. The normalized spacial score (nSPS) is 10.9. The van der Waals surface area contributed by atoms with E-state index < -0.39 is 5.97 Å². The number of aromatic nitrogens is 4. The lowest BCUT2D eigenvalue weighted by atomic mass is 10.2. The molecule has 0 radical (unpaired) electrons. The van der Waals surface area contributed by atoms with Gasteiger partial charge in [-0.3, -0.25) is 9.59 Å². The van der Waals surface area contributed by atoms with Gasteiger partial charge in [0, 0.05) is 25.6 Å². The standard InChI is InChI=1S/C22H27N5O3/c1-4-11-26(12-5-2)20(29)14-27-19(15-30-16(3)28)24-18-13-23-21(25-22(18)27)17-9-7-6-8-10-17/h6-10,13H,4-5,11-12,14-15H2,1-3H3. The van der Waals surface area contributed by atoms with Crippen molar-refractivity contribution in [2.75, 3.05) is 13.1 Å². The molecule has 30 heavy (non-hydrogen) atoms. The second-order valence-electron chi connectivity index (χ2n) is 7.04. The van der Waals surface area contributed by atoms with Crippen LogP contribution < -0.4 is 0 Å². The van der Waals surface area contributed by atoms with E-state index in [1.54, 1.807) is 10.8 Å². The van der Waals surface area contributed by atoms with Crippen LogP contribution in [0.15, 0.2) is 36.5 Å². The number of hydrogen-bond donors (Lipinski definition) is 0. The molecule has 0 atom stereocenters. The van der Waals surface area contributed by atoms with Gasteiger partial charge in [0.05, 0.1) is 6.20 Å². The Bertz CT molecular complexity index is 1010. The third-order valence-corrected chi connectivity index (χ3v) is 4.64. The summed E-state index contributed by atoms with van der Waals surface area (Å²) in [5, 5.41) is 0. The molecule has 2 aromatic heterocycles. The largest absolute Gasteiger partial charge is 0.458 e. The Balaban J connectivity index is 2.01. The number of ether oxygens (including phenoxy) is 1. The molecule has 0 fully saturated rings. The van der Waals surface area contributed by atoms with Gasteiger partial charge in [0.25, 0.3) is 0 Å². The van der Waals surface area contributed by atoms with E-state index in [9.17, 15) is 9.59 Å². The number of esters is 1. The van der Waals surface area contributed by atoms with Gasteiger partial charge in [0.2, 0.25) is 5.91 Å². The number of nitrogens with zero attached hydrogens (tertiary/aromatic N) is 5. The van der Waals surface area contributed by atoms with Crippen molar-refractivity contribution in [3.63, 3.8) is 0 Å². The summed E-state index contributed by atoms with van der Waals surface area (Å²) in [6.45, 7) is 6.89. The van der Waals surface area contributed by atoms with Crippen LogP contribution in [0.3, 0.4) is 0 Å². The highest BCUT2D eigenvalue weighted by atomic mass is 16.5. The minimum atomic E-state index is -0.408. The minimum Gasteiger partial charge on any atom is -0.458 e. The molecule has 8 heteroatoms. The van der Waals surface area contributed by atoms with Gasteiger partial charge in [-0.2, -0.15) is 0 Å². The van der Waals surface area contributed by atoms with Gasteiger partial charge in [0.1, 0.15) is 24.5 Å². The molecule has 0 aliphatic rings. The van der Waals surface area contributed by atoms with Crippen LogP contribution in [0.4, 0.5) is 0 Å². The fourth-order valence-corrected chi connectivity index (χ4v) is 3.27. The minimum absolute atomic E-state index is 0.0121. The number of carbonyl (C=O) groups is 2. The number of rotatable bonds is 9. The average Bonchev–Trinajstić information content (AvgIpc) is 3.09. The second-order valence-corrected chi connectivity index (χ2v) is 7.04. The summed E-state index contributed by atoms with van der Waals surface area (Å²) in [5.74, 6) is 0.604. The van der Waals surface area contributed by atoms with Crippen molar-refractivity contribution in [3.05, 3.63) is 42.4 Å². The van der Waals surface area contributed by atoms with E-state index in [2.05, 4.69) is 15.0 Å². The Morgan fingerprint density at radius 1 is 1.07 bits per heavy atom. The summed E-state index contributed by atoms with van der Waals surface area (Å²) in [5.41, 5.74) is 1.98. The van der Waals surface area contributed by atoms with Gasteiger partial charge in [-0.15, -0.1) is 0 Å². The molecule has 3 aromatic rings. The molecule has 0 N–H and O–H groups in total. The molecular weight excluding hydrogens is 382 g/mol. The zero-order chi connectivity index (χ0) is 21.5. The summed E-state index contributed by atoms with van der Waals surface area (Å²) >= 11 is 0. The van der Waals surface area contributed by atoms with Crippen molar-refractivity contribution in [1.82, 2.24) is 24.4 Å². The Hall–Kier alpha value is -3.29. The van der Waals surface area contributed by atoms with E-state index in [0.29, 0.717) is 35.9 Å². The molecule has 1 aromatic carbocycles. The third kappa shape index (κ3) is 5.00. The molecule has 0 saturated heterocycles. The van der Waals surface area contributed by atoms with Gasteiger partial charge in [0.15, 0.2) is 11.5 Å². The van der Waals surface area contributed by atoms with Crippen molar-refractivity contribution in [1.29, 1.82) is 0 Å². The second kappa shape index (κ2) is 9.96. The molecule has 0 saturated carbocycles. The zero-order valence-electron chi connectivity index (χ0n) is 17.7. The Labute approximate surface area is 175 Å². The van der Waals surface area contributed by atoms with Crippen molar-refractivity contribution in [2.45, 2.75) is 46.8 Å². The Morgan fingerprint density at radius 3 is 2.40 bits per heavy atom. The van der Waals surface area contributed by atoms with Crippen molar-refractivity contribution in [2.24, 2.45) is 0 Å². The SMILES string of the molecule is CCCN(CCC)C(=O)Cn1c(COC(C)=O)nc2cnc(-c3ccccc3)nc21. The molecule has 0 bridgehead atoms. The Kier molecular flexibility index (Phi) is 7.11. The molecule has 8 nitrogen and oxygen atoms in total. The summed E-state index contributed by atoms with van der Waals surface area (Å²) in [7, 11) is 0. The average molecular weight is 409 g/mol. The molecule has 1 amide bonds. The number of amides is 1. The first kappa shape index (κ1) is 21.4. The molecule has 3 rings (SSSR count). The lowest BCUT2D eigenvalue weighted by molar-refractivity contribution is -0.142. The highest BCUT2D eigenvalue weighted by molar-refractivity contribution is 5.80. The third-order valence-electron chi connectivity index (χ3n) is 4.64. The summed E-state index contributed by atoms with van der Waals surface area (Å²) in [6.07, 6.45) is 3.41. The lowest BCUT2D eigenvalue weighted by Gasteiger charge is -2.22. The van der Waals surface area contributed by atoms with Crippen molar-refractivity contribution >= 4 is 23.0 Å². The van der Waals surface area contributed by atoms with Gasteiger partial charge < -0.3 is 14.2 Å². The molecule has 2 heterocycles. The number of benzene rings is 1. The van der Waals surface area contributed by atoms with E-state index in [0.717, 1.165) is 18.4 Å². The van der Waals surface area contributed by atoms with E-state index in [1.807, 2.05) is 49.1 Å². The number of hydrogen-bond acceptors (Lipinski definition) is 6. The number of imidazole rings is 1. The van der Waals surface area contributed by atoms with Crippen LogP contribution in [0.2, 0.25) is 0 Å². The summed E-state index contributed by atoms with van der Waals surface area (Å²) < 4.78 is 6.88. The van der Waals surface area contributed by atoms with Gasteiger partial charge in [-0.05, 0) is 12.8 Å². The monoisotopic (exact) mass is 409 g/mol. The van der Waals surface area contributed by atoms with Crippen LogP contribution in [-0.2, 0) is 27.5 Å². The Morgan fingerprint density at radius 2 is 1.77 bits per heavy atom. The zero-order valence-corrected chi connectivity index (χ0v) is 17.7. The van der Waals surface area contributed by atoms with Gasteiger partial charge >= 0.3 is 5.97 Å². The van der Waals surface area contributed by atoms with Crippen LogP contribution >= 0.6 is 0 Å². The first-order valence-electron chi connectivity index (χ1n) is 10.2. The van der Waals surface area contributed by atoms with Crippen LogP contribution in [-0.4, -0.2) is 49.4 Å². The first-order valence-corrected chi connectivity index (χ1v) is 10.2.